The van der Waals surface area contributed by atoms with E-state index in [2.05, 4.69) is 11.0 Å². The summed E-state index contributed by atoms with van der Waals surface area (Å²) in [6, 6.07) is 6.60. The van der Waals surface area contributed by atoms with Crippen LogP contribution in [-0.4, -0.2) is 31.6 Å². The molecule has 0 aliphatic carbocycles. The number of ether oxygens (including phenoxy) is 1. The van der Waals surface area contributed by atoms with E-state index in [1.807, 2.05) is 0 Å². The highest BCUT2D eigenvalue weighted by molar-refractivity contribution is 5.39. The second-order valence-electron chi connectivity index (χ2n) is 4.58. The third kappa shape index (κ3) is 2.80. The zero-order valence-corrected chi connectivity index (χ0v) is 10.5. The van der Waals surface area contributed by atoms with Crippen molar-refractivity contribution in [3.05, 3.63) is 29.6 Å². The van der Waals surface area contributed by atoms with Gasteiger partial charge < -0.3 is 9.64 Å². The van der Waals surface area contributed by atoms with Crippen LogP contribution in [0.25, 0.3) is 0 Å². The number of likely N-dealkylation sites (tertiary alicyclic amines) is 1. The van der Waals surface area contributed by atoms with Gasteiger partial charge in [-0.1, -0.05) is 0 Å². The summed E-state index contributed by atoms with van der Waals surface area (Å²) in [6.07, 6.45) is 2.36. The highest BCUT2D eigenvalue weighted by atomic mass is 19.1. The standard InChI is InChI=1S/C14H17FN2O/c1-18-14-5-4-12(15)8-13(14)11(9-16)10-17-6-2-3-7-17/h4-5,8,11H,2-3,6-7,10H2,1H3. The third-order valence-corrected chi connectivity index (χ3v) is 3.36. The molecular formula is C14H17FN2O. The molecule has 0 bridgehead atoms. The van der Waals surface area contributed by atoms with Crippen molar-refractivity contribution in [1.82, 2.24) is 4.90 Å². The fourth-order valence-electron chi connectivity index (χ4n) is 2.41. The Balaban J connectivity index is 2.20. The summed E-state index contributed by atoms with van der Waals surface area (Å²) >= 11 is 0. The van der Waals surface area contributed by atoms with E-state index < -0.39 is 0 Å². The van der Waals surface area contributed by atoms with Crippen molar-refractivity contribution < 1.29 is 9.13 Å². The molecule has 1 saturated heterocycles. The van der Waals surface area contributed by atoms with E-state index in [-0.39, 0.29) is 11.7 Å². The van der Waals surface area contributed by atoms with Gasteiger partial charge in [-0.3, -0.25) is 0 Å². The Bertz CT molecular complexity index is 450. The van der Waals surface area contributed by atoms with Crippen LogP contribution in [0.4, 0.5) is 4.39 Å². The van der Waals surface area contributed by atoms with Crippen LogP contribution in [0.2, 0.25) is 0 Å². The smallest absolute Gasteiger partial charge is 0.123 e. The van der Waals surface area contributed by atoms with Gasteiger partial charge in [-0.05, 0) is 44.1 Å². The second kappa shape index (κ2) is 5.83. The number of benzene rings is 1. The fraction of sp³-hybridized carbons (Fsp3) is 0.500. The van der Waals surface area contributed by atoms with Crippen LogP contribution in [0.3, 0.4) is 0 Å². The van der Waals surface area contributed by atoms with Crippen LogP contribution in [0.1, 0.15) is 24.3 Å². The Labute approximate surface area is 107 Å². The van der Waals surface area contributed by atoms with Crippen LogP contribution in [0.5, 0.6) is 5.75 Å². The van der Waals surface area contributed by atoms with Crippen molar-refractivity contribution >= 4 is 0 Å². The van der Waals surface area contributed by atoms with Gasteiger partial charge in [-0.25, -0.2) is 4.39 Å². The predicted octanol–water partition coefficient (Wildman–Crippen LogP) is 2.54. The van der Waals surface area contributed by atoms with Crippen LogP contribution in [0.15, 0.2) is 18.2 Å². The molecule has 3 nitrogen and oxygen atoms in total. The van der Waals surface area contributed by atoms with Crippen molar-refractivity contribution in [2.45, 2.75) is 18.8 Å². The lowest BCUT2D eigenvalue weighted by molar-refractivity contribution is 0.327. The Morgan fingerprint density at radius 1 is 1.44 bits per heavy atom. The first-order chi connectivity index (χ1) is 8.74. The maximum absolute atomic E-state index is 13.3. The van der Waals surface area contributed by atoms with E-state index in [9.17, 15) is 9.65 Å². The molecule has 1 heterocycles. The lowest BCUT2D eigenvalue weighted by atomic mass is 9.99. The van der Waals surface area contributed by atoms with E-state index in [0.717, 1.165) is 13.1 Å². The van der Waals surface area contributed by atoms with E-state index in [0.29, 0.717) is 17.9 Å². The van der Waals surface area contributed by atoms with Crippen molar-refractivity contribution in [3.8, 4) is 11.8 Å². The fourth-order valence-corrected chi connectivity index (χ4v) is 2.41. The molecular weight excluding hydrogens is 231 g/mol. The van der Waals surface area contributed by atoms with Crippen LogP contribution in [0, 0.1) is 17.1 Å². The van der Waals surface area contributed by atoms with E-state index in [1.54, 1.807) is 13.2 Å². The summed E-state index contributed by atoms with van der Waals surface area (Å²) < 4.78 is 18.5. The van der Waals surface area contributed by atoms with Crippen molar-refractivity contribution in [2.75, 3.05) is 26.7 Å². The van der Waals surface area contributed by atoms with Gasteiger partial charge in [0.25, 0.3) is 0 Å². The molecule has 1 aliphatic heterocycles. The summed E-state index contributed by atoms with van der Waals surface area (Å²) in [5.74, 6) is -0.0802. The molecule has 18 heavy (non-hydrogen) atoms. The zero-order valence-electron chi connectivity index (χ0n) is 10.5. The Morgan fingerprint density at radius 3 is 2.78 bits per heavy atom. The predicted molar refractivity (Wildman–Crippen MR) is 67.0 cm³/mol. The van der Waals surface area contributed by atoms with Crippen LogP contribution >= 0.6 is 0 Å². The summed E-state index contributed by atoms with van der Waals surface area (Å²) in [5.41, 5.74) is 0.645. The van der Waals surface area contributed by atoms with Crippen LogP contribution in [-0.2, 0) is 0 Å². The van der Waals surface area contributed by atoms with Gasteiger partial charge in [0.15, 0.2) is 0 Å². The number of hydrogen-bond donors (Lipinski definition) is 0. The third-order valence-electron chi connectivity index (χ3n) is 3.36. The lowest BCUT2D eigenvalue weighted by Gasteiger charge is -2.20. The number of halogens is 1. The molecule has 0 saturated carbocycles. The molecule has 1 aromatic rings. The summed E-state index contributed by atoms with van der Waals surface area (Å²) in [6.45, 7) is 2.70. The molecule has 2 rings (SSSR count). The van der Waals surface area contributed by atoms with Gasteiger partial charge in [0.05, 0.1) is 19.1 Å². The number of rotatable bonds is 4. The highest BCUT2D eigenvalue weighted by Crippen LogP contribution is 2.28. The second-order valence-corrected chi connectivity index (χ2v) is 4.58. The molecule has 0 aromatic heterocycles. The Kier molecular flexibility index (Phi) is 4.16. The summed E-state index contributed by atoms with van der Waals surface area (Å²) in [5, 5.41) is 9.30. The molecule has 0 amide bonds. The average molecular weight is 248 g/mol. The quantitative estimate of drug-likeness (QED) is 0.821. The number of methoxy groups -OCH3 is 1. The molecule has 1 aliphatic rings. The number of hydrogen-bond acceptors (Lipinski definition) is 3. The highest BCUT2D eigenvalue weighted by Gasteiger charge is 2.21. The SMILES string of the molecule is COc1ccc(F)cc1C(C#N)CN1CCCC1. The topological polar surface area (TPSA) is 36.3 Å². The number of nitriles is 1. The average Bonchev–Trinajstić information content (AvgIpc) is 2.88. The summed E-state index contributed by atoms with van der Waals surface area (Å²) in [7, 11) is 1.54. The largest absolute Gasteiger partial charge is 0.496 e. The molecule has 0 N–H and O–H groups in total. The maximum Gasteiger partial charge on any atom is 0.123 e. The normalized spacial score (nSPS) is 17.4. The molecule has 96 valence electrons. The summed E-state index contributed by atoms with van der Waals surface area (Å²) in [4.78, 5) is 2.25. The molecule has 4 heteroatoms. The van der Waals surface area contributed by atoms with Gasteiger partial charge in [0, 0.05) is 12.1 Å². The van der Waals surface area contributed by atoms with Crippen LogP contribution < -0.4 is 4.74 Å². The van der Waals surface area contributed by atoms with Crippen molar-refractivity contribution in [3.63, 3.8) is 0 Å². The molecule has 0 radical (unpaired) electrons. The van der Waals surface area contributed by atoms with E-state index in [4.69, 9.17) is 4.74 Å². The minimum absolute atomic E-state index is 0.326. The van der Waals surface area contributed by atoms with Gasteiger partial charge in [0.2, 0.25) is 0 Å². The van der Waals surface area contributed by atoms with E-state index >= 15 is 0 Å². The van der Waals surface area contributed by atoms with Gasteiger partial charge in [-0.2, -0.15) is 5.26 Å². The molecule has 0 spiro atoms. The Morgan fingerprint density at radius 2 is 2.17 bits per heavy atom. The first-order valence-electron chi connectivity index (χ1n) is 6.20. The van der Waals surface area contributed by atoms with Crippen molar-refractivity contribution in [2.24, 2.45) is 0 Å². The molecule has 1 atom stereocenters. The van der Waals surface area contributed by atoms with E-state index in [1.165, 1.54) is 25.0 Å². The van der Waals surface area contributed by atoms with Gasteiger partial charge in [0.1, 0.15) is 11.6 Å². The lowest BCUT2D eigenvalue weighted by Crippen LogP contribution is -2.25. The Hall–Kier alpha value is -1.60. The first-order valence-corrected chi connectivity index (χ1v) is 6.20. The monoisotopic (exact) mass is 248 g/mol. The zero-order chi connectivity index (χ0) is 13.0. The van der Waals surface area contributed by atoms with Crippen molar-refractivity contribution in [1.29, 1.82) is 5.26 Å². The van der Waals surface area contributed by atoms with Gasteiger partial charge >= 0.3 is 0 Å². The molecule has 1 unspecified atom stereocenters. The maximum atomic E-state index is 13.3. The molecule has 1 aromatic carbocycles. The molecule has 1 fully saturated rings. The van der Waals surface area contributed by atoms with Gasteiger partial charge in [-0.15, -0.1) is 0 Å². The minimum atomic E-state index is -0.339. The number of nitrogens with zero attached hydrogens (tertiary/aromatic N) is 2. The first kappa shape index (κ1) is 12.8. The minimum Gasteiger partial charge on any atom is -0.496 e.